The molecule has 0 heterocycles. The quantitative estimate of drug-likeness (QED) is 0.596. The Morgan fingerprint density at radius 2 is 2.33 bits per heavy atom. The molecule has 0 rings (SSSR count). The molecule has 0 aromatic heterocycles. The van der Waals surface area contributed by atoms with Gasteiger partial charge >= 0.3 is 0 Å². The molecule has 0 aromatic carbocycles. The van der Waals surface area contributed by atoms with Gasteiger partial charge in [-0.3, -0.25) is 4.79 Å². The van der Waals surface area contributed by atoms with Crippen molar-refractivity contribution >= 4 is 17.5 Å². The molecular weight excluding hydrogens is 170 g/mol. The van der Waals surface area contributed by atoms with Gasteiger partial charge in [0.25, 0.3) is 0 Å². The first kappa shape index (κ1) is 11.5. The Balaban J connectivity index is 3.51. The maximum absolute atomic E-state index is 11.1. The number of thioether (sulfide) groups is 1. The first-order valence-electron chi connectivity index (χ1n) is 4.19. The maximum Gasteiger partial charge on any atom is 0.149 e. The van der Waals surface area contributed by atoms with Crippen molar-refractivity contribution in [2.45, 2.75) is 26.7 Å². The number of nitrogens with zero attached hydrogens (tertiary/aromatic N) is 1. The topological polar surface area (TPSA) is 40.9 Å². The summed E-state index contributed by atoms with van der Waals surface area (Å²) in [6, 6.07) is 1.88. The highest BCUT2D eigenvalue weighted by Gasteiger charge is 2.11. The lowest BCUT2D eigenvalue weighted by molar-refractivity contribution is -0.121. The lowest BCUT2D eigenvalue weighted by atomic mass is 10.0. The molecule has 3 heteroatoms. The van der Waals surface area contributed by atoms with Crippen LogP contribution in [0, 0.1) is 17.2 Å². The Morgan fingerprint density at radius 1 is 1.67 bits per heavy atom. The van der Waals surface area contributed by atoms with E-state index < -0.39 is 0 Å². The van der Waals surface area contributed by atoms with Crippen LogP contribution in [0.5, 0.6) is 0 Å². The van der Waals surface area contributed by atoms with Crippen LogP contribution in [-0.4, -0.2) is 17.3 Å². The van der Waals surface area contributed by atoms with Crippen molar-refractivity contribution in [3.63, 3.8) is 0 Å². The van der Waals surface area contributed by atoms with Crippen molar-refractivity contribution in [1.82, 2.24) is 0 Å². The number of hydrogen-bond acceptors (Lipinski definition) is 3. The molecule has 0 aliphatic rings. The van der Waals surface area contributed by atoms with Gasteiger partial charge in [-0.1, -0.05) is 13.8 Å². The van der Waals surface area contributed by atoms with Crippen molar-refractivity contribution in [3.8, 4) is 6.07 Å². The highest BCUT2D eigenvalue weighted by atomic mass is 32.2. The van der Waals surface area contributed by atoms with Crippen molar-refractivity contribution in [2.24, 2.45) is 5.92 Å². The fourth-order valence-corrected chi connectivity index (χ4v) is 1.63. The fourth-order valence-electron chi connectivity index (χ4n) is 0.818. The largest absolute Gasteiger partial charge is 0.298 e. The summed E-state index contributed by atoms with van der Waals surface area (Å²) in [4.78, 5) is 11.1. The Morgan fingerprint density at radius 3 is 2.83 bits per heavy atom. The van der Waals surface area contributed by atoms with Gasteiger partial charge in [0, 0.05) is 5.92 Å². The zero-order valence-electron chi connectivity index (χ0n) is 7.67. The van der Waals surface area contributed by atoms with E-state index >= 15 is 0 Å². The van der Waals surface area contributed by atoms with Crippen LogP contribution in [-0.2, 0) is 4.79 Å². The maximum atomic E-state index is 11.1. The predicted molar refractivity (Wildman–Crippen MR) is 52.0 cm³/mol. The second kappa shape index (κ2) is 7.17. The summed E-state index contributed by atoms with van der Waals surface area (Å²) in [5, 5.41) is 8.28. The van der Waals surface area contributed by atoms with Crippen LogP contribution in [0.3, 0.4) is 0 Å². The van der Waals surface area contributed by atoms with Gasteiger partial charge in [0.15, 0.2) is 0 Å². The van der Waals surface area contributed by atoms with Crippen LogP contribution in [0.1, 0.15) is 26.7 Å². The van der Waals surface area contributed by atoms with E-state index in [2.05, 4.69) is 6.92 Å². The normalized spacial score (nSPS) is 12.1. The third-order valence-corrected chi connectivity index (χ3v) is 2.63. The first-order chi connectivity index (χ1) is 5.72. The fraction of sp³-hybridized carbons (Fsp3) is 0.778. The average molecular weight is 185 g/mol. The molecule has 0 fully saturated rings. The van der Waals surface area contributed by atoms with Gasteiger partial charge in [0.05, 0.1) is 12.5 Å². The summed E-state index contributed by atoms with van der Waals surface area (Å²) in [6.45, 7) is 4.00. The number of Topliss-reactive ketones (excluding diaryl/α,β-unsaturated/α-hetero) is 1. The third-order valence-electron chi connectivity index (χ3n) is 1.70. The van der Waals surface area contributed by atoms with E-state index in [0.29, 0.717) is 0 Å². The zero-order valence-corrected chi connectivity index (χ0v) is 8.49. The Kier molecular flexibility index (Phi) is 6.88. The van der Waals surface area contributed by atoms with E-state index in [0.717, 1.165) is 17.9 Å². The Bertz CT molecular complexity index is 174. The molecular formula is C9H15NOS. The number of ketones is 1. The minimum atomic E-state index is 0.0590. The summed E-state index contributed by atoms with van der Waals surface area (Å²) < 4.78 is 0. The van der Waals surface area contributed by atoms with E-state index in [1.165, 1.54) is 0 Å². The van der Waals surface area contributed by atoms with Gasteiger partial charge in [0.1, 0.15) is 5.78 Å². The van der Waals surface area contributed by atoms with E-state index in [1.54, 1.807) is 0 Å². The van der Waals surface area contributed by atoms with Gasteiger partial charge in [-0.05, 0) is 17.9 Å². The lowest BCUT2D eigenvalue weighted by Crippen LogP contribution is -2.10. The molecule has 0 radical (unpaired) electrons. The van der Waals surface area contributed by atoms with Crippen LogP contribution < -0.4 is 0 Å². The molecule has 0 aliphatic carbocycles. The minimum absolute atomic E-state index is 0.0590. The summed E-state index contributed by atoms with van der Waals surface area (Å²) in [5.41, 5.74) is 0. The third kappa shape index (κ3) is 5.20. The molecule has 12 heavy (non-hydrogen) atoms. The first-order valence-corrected chi connectivity index (χ1v) is 5.35. The average Bonchev–Trinajstić information content (AvgIpc) is 2.05. The highest BCUT2D eigenvalue weighted by molar-refractivity contribution is 7.99. The molecule has 1 atom stereocenters. The lowest BCUT2D eigenvalue weighted by Gasteiger charge is -2.06. The molecule has 0 bridgehead atoms. The van der Waals surface area contributed by atoms with Crippen LogP contribution in [0.4, 0.5) is 0 Å². The van der Waals surface area contributed by atoms with Gasteiger partial charge in [-0.25, -0.2) is 0 Å². The van der Waals surface area contributed by atoms with E-state index in [-0.39, 0.29) is 18.1 Å². The molecule has 2 nitrogen and oxygen atoms in total. The molecule has 0 aromatic rings. The highest BCUT2D eigenvalue weighted by Crippen LogP contribution is 2.11. The standard InChI is InChI=1S/C9H15NOS/c1-3-12-7-5-8(2)9(11)4-6-10/h8H,3-5,7H2,1-2H3. The number of hydrogen-bond donors (Lipinski definition) is 0. The summed E-state index contributed by atoms with van der Waals surface area (Å²) in [5.74, 6) is 2.26. The van der Waals surface area contributed by atoms with Gasteiger partial charge < -0.3 is 0 Å². The number of carbonyl (C=O) groups excluding carboxylic acids is 1. The van der Waals surface area contributed by atoms with E-state index in [9.17, 15) is 4.79 Å². The summed E-state index contributed by atoms with van der Waals surface area (Å²) >= 11 is 1.84. The molecule has 68 valence electrons. The predicted octanol–water partition coefficient (Wildman–Crippen LogP) is 2.25. The molecule has 0 N–H and O–H groups in total. The van der Waals surface area contributed by atoms with Crippen LogP contribution in [0.2, 0.25) is 0 Å². The molecule has 0 saturated carbocycles. The molecule has 1 unspecified atom stereocenters. The number of nitriles is 1. The molecule has 0 saturated heterocycles. The Hall–Kier alpha value is -0.490. The second-order valence-corrected chi connectivity index (χ2v) is 4.08. The van der Waals surface area contributed by atoms with E-state index in [4.69, 9.17) is 5.26 Å². The van der Waals surface area contributed by atoms with Crippen molar-refractivity contribution in [2.75, 3.05) is 11.5 Å². The van der Waals surface area contributed by atoms with Gasteiger partial charge in [-0.15, -0.1) is 0 Å². The van der Waals surface area contributed by atoms with Crippen LogP contribution in [0.25, 0.3) is 0 Å². The van der Waals surface area contributed by atoms with Crippen LogP contribution in [0.15, 0.2) is 0 Å². The van der Waals surface area contributed by atoms with Crippen molar-refractivity contribution in [3.05, 3.63) is 0 Å². The smallest absolute Gasteiger partial charge is 0.149 e. The number of rotatable bonds is 6. The molecule has 0 aliphatic heterocycles. The van der Waals surface area contributed by atoms with E-state index in [1.807, 2.05) is 24.8 Å². The van der Waals surface area contributed by atoms with Crippen LogP contribution >= 0.6 is 11.8 Å². The minimum Gasteiger partial charge on any atom is -0.298 e. The monoisotopic (exact) mass is 185 g/mol. The van der Waals surface area contributed by atoms with Gasteiger partial charge in [-0.2, -0.15) is 17.0 Å². The Labute approximate surface area is 78.3 Å². The van der Waals surface area contributed by atoms with Crippen molar-refractivity contribution < 1.29 is 4.79 Å². The molecule has 0 spiro atoms. The SMILES string of the molecule is CCSCCC(C)C(=O)CC#N. The number of carbonyl (C=O) groups is 1. The van der Waals surface area contributed by atoms with Gasteiger partial charge in [0.2, 0.25) is 0 Å². The molecule has 0 amide bonds. The second-order valence-electron chi connectivity index (χ2n) is 2.69. The summed E-state index contributed by atoms with van der Waals surface area (Å²) in [6.07, 6.45) is 0.969. The summed E-state index contributed by atoms with van der Waals surface area (Å²) in [7, 11) is 0. The zero-order chi connectivity index (χ0) is 9.40. The van der Waals surface area contributed by atoms with Crippen molar-refractivity contribution in [1.29, 1.82) is 5.26 Å².